The van der Waals surface area contributed by atoms with E-state index in [-0.39, 0.29) is 0 Å². The Morgan fingerprint density at radius 3 is 2.30 bits per heavy atom. The molecule has 142 valence electrons. The van der Waals surface area contributed by atoms with Gasteiger partial charge < -0.3 is 9.80 Å². The normalized spacial score (nSPS) is 25.1. The molecule has 1 spiro atoms. The summed E-state index contributed by atoms with van der Waals surface area (Å²) in [5.41, 5.74) is 4.73. The van der Waals surface area contributed by atoms with Gasteiger partial charge in [0.1, 0.15) is 6.33 Å². The minimum Gasteiger partial charge on any atom is -0.302 e. The Morgan fingerprint density at radius 2 is 1.56 bits per heavy atom. The van der Waals surface area contributed by atoms with E-state index in [9.17, 15) is 0 Å². The van der Waals surface area contributed by atoms with Crippen LogP contribution in [0.5, 0.6) is 0 Å². The lowest BCUT2D eigenvalue weighted by molar-refractivity contribution is 0.142. The summed E-state index contributed by atoms with van der Waals surface area (Å²) in [6.45, 7) is 7.60. The minimum atomic E-state index is 0.348. The van der Waals surface area contributed by atoms with E-state index >= 15 is 0 Å². The molecule has 27 heavy (non-hydrogen) atoms. The first kappa shape index (κ1) is 17.3. The third kappa shape index (κ3) is 3.30. The number of aromatic nitrogens is 2. The summed E-state index contributed by atoms with van der Waals surface area (Å²) in [7, 11) is 0. The van der Waals surface area contributed by atoms with Crippen molar-refractivity contribution in [2.45, 2.75) is 43.4 Å². The third-order valence-corrected chi connectivity index (χ3v) is 7.23. The summed E-state index contributed by atoms with van der Waals surface area (Å²) in [5.74, 6) is 0.457. The van der Waals surface area contributed by atoms with Crippen molar-refractivity contribution in [1.82, 2.24) is 19.8 Å². The van der Waals surface area contributed by atoms with E-state index in [0.29, 0.717) is 11.3 Å². The maximum atomic E-state index is 4.29. The van der Waals surface area contributed by atoms with E-state index in [4.69, 9.17) is 0 Å². The van der Waals surface area contributed by atoms with Crippen LogP contribution >= 0.6 is 0 Å². The molecule has 0 radical (unpaired) electrons. The third-order valence-electron chi connectivity index (χ3n) is 7.23. The van der Waals surface area contributed by atoms with Crippen molar-refractivity contribution < 1.29 is 0 Å². The molecule has 0 N–H and O–H groups in total. The Labute approximate surface area is 162 Å². The number of hydrogen-bond acceptors (Lipinski definition) is 4. The molecule has 2 aliphatic heterocycles. The van der Waals surface area contributed by atoms with Gasteiger partial charge in [-0.05, 0) is 80.4 Å². The van der Waals surface area contributed by atoms with Crippen molar-refractivity contribution in [1.29, 1.82) is 0 Å². The lowest BCUT2D eigenvalue weighted by Gasteiger charge is -2.41. The number of likely N-dealkylation sites (tertiary alicyclic amines) is 2. The summed E-state index contributed by atoms with van der Waals surface area (Å²) in [6, 6.07) is 9.14. The van der Waals surface area contributed by atoms with Crippen LogP contribution in [-0.4, -0.2) is 59.0 Å². The molecule has 0 saturated carbocycles. The average molecular weight is 363 g/mol. The molecule has 1 aliphatic carbocycles. The second kappa shape index (κ2) is 7.33. The summed E-state index contributed by atoms with van der Waals surface area (Å²) < 4.78 is 0. The smallest absolute Gasteiger partial charge is 0.115 e. The van der Waals surface area contributed by atoms with Gasteiger partial charge >= 0.3 is 0 Å². The van der Waals surface area contributed by atoms with Gasteiger partial charge in [-0.3, -0.25) is 0 Å². The number of nitrogens with zero attached hydrogens (tertiary/aromatic N) is 4. The van der Waals surface area contributed by atoms with E-state index in [1.807, 2.05) is 12.4 Å². The zero-order valence-electron chi connectivity index (χ0n) is 16.2. The van der Waals surface area contributed by atoms with Gasteiger partial charge in [0.25, 0.3) is 0 Å². The maximum Gasteiger partial charge on any atom is 0.115 e. The molecule has 1 aromatic heterocycles. The summed E-state index contributed by atoms with van der Waals surface area (Å²) in [5, 5.41) is 0. The molecular formula is C23H30N4. The highest BCUT2D eigenvalue weighted by atomic mass is 15.2. The van der Waals surface area contributed by atoms with Crippen molar-refractivity contribution in [3.05, 3.63) is 59.7 Å². The van der Waals surface area contributed by atoms with Gasteiger partial charge in [0.2, 0.25) is 0 Å². The highest BCUT2D eigenvalue weighted by Crippen LogP contribution is 2.53. The molecule has 3 aliphatic rings. The maximum absolute atomic E-state index is 4.29. The molecule has 1 unspecified atom stereocenters. The average Bonchev–Trinajstić information content (AvgIpc) is 3.36. The van der Waals surface area contributed by atoms with Gasteiger partial charge in [0.05, 0.1) is 0 Å². The molecule has 2 aromatic rings. The zero-order valence-corrected chi connectivity index (χ0v) is 16.2. The van der Waals surface area contributed by atoms with Gasteiger partial charge in [0.15, 0.2) is 0 Å². The Balaban J connectivity index is 1.30. The number of rotatable bonds is 4. The van der Waals surface area contributed by atoms with Crippen molar-refractivity contribution >= 4 is 0 Å². The van der Waals surface area contributed by atoms with Gasteiger partial charge in [-0.2, -0.15) is 0 Å². The van der Waals surface area contributed by atoms with Crippen molar-refractivity contribution in [2.24, 2.45) is 0 Å². The van der Waals surface area contributed by atoms with E-state index in [2.05, 4.69) is 44.0 Å². The molecule has 4 heteroatoms. The zero-order chi connectivity index (χ0) is 18.1. The van der Waals surface area contributed by atoms with E-state index in [1.54, 1.807) is 11.9 Å². The fourth-order valence-corrected chi connectivity index (χ4v) is 5.65. The van der Waals surface area contributed by atoms with Crippen LogP contribution in [0.25, 0.3) is 0 Å². The molecule has 1 aromatic carbocycles. The predicted octanol–water partition coefficient (Wildman–Crippen LogP) is 3.44. The number of fused-ring (bicyclic) bond motifs is 2. The van der Waals surface area contributed by atoms with Crippen molar-refractivity contribution in [3.63, 3.8) is 0 Å². The van der Waals surface area contributed by atoms with Crippen LogP contribution in [0.15, 0.2) is 43.0 Å². The van der Waals surface area contributed by atoms with Crippen LogP contribution in [0.4, 0.5) is 0 Å². The molecule has 3 heterocycles. The van der Waals surface area contributed by atoms with E-state index in [0.717, 1.165) is 0 Å². The quantitative estimate of drug-likeness (QED) is 0.834. The SMILES string of the molecule is c1ccc2c(c1)C(c1cncnc1)CC21CCN(CCN2CCCC2)CC1. The monoisotopic (exact) mass is 362 g/mol. The molecule has 2 saturated heterocycles. The van der Waals surface area contributed by atoms with E-state index in [1.165, 1.54) is 82.5 Å². The number of piperidine rings is 1. The highest BCUT2D eigenvalue weighted by Gasteiger charge is 2.45. The van der Waals surface area contributed by atoms with Crippen LogP contribution in [0.2, 0.25) is 0 Å². The molecule has 2 fully saturated rings. The second-order valence-corrected chi connectivity index (χ2v) is 8.69. The molecule has 0 amide bonds. The molecule has 1 atom stereocenters. The lowest BCUT2D eigenvalue weighted by Crippen LogP contribution is -2.44. The Morgan fingerprint density at radius 1 is 0.889 bits per heavy atom. The minimum absolute atomic E-state index is 0.348. The molecule has 5 rings (SSSR count). The topological polar surface area (TPSA) is 32.3 Å². The van der Waals surface area contributed by atoms with Crippen LogP contribution in [-0.2, 0) is 5.41 Å². The Hall–Kier alpha value is -1.78. The first-order valence-electron chi connectivity index (χ1n) is 10.6. The van der Waals surface area contributed by atoms with Crippen molar-refractivity contribution in [2.75, 3.05) is 39.3 Å². The van der Waals surface area contributed by atoms with E-state index < -0.39 is 0 Å². The van der Waals surface area contributed by atoms with Crippen LogP contribution in [0, 0.1) is 0 Å². The van der Waals surface area contributed by atoms with Crippen molar-refractivity contribution in [3.8, 4) is 0 Å². The van der Waals surface area contributed by atoms with Gasteiger partial charge in [0, 0.05) is 31.4 Å². The molecular weight excluding hydrogens is 332 g/mol. The van der Waals surface area contributed by atoms with Crippen LogP contribution < -0.4 is 0 Å². The Bertz CT molecular complexity index is 761. The van der Waals surface area contributed by atoms with Gasteiger partial charge in [-0.1, -0.05) is 24.3 Å². The first-order chi connectivity index (χ1) is 13.3. The molecule has 4 nitrogen and oxygen atoms in total. The van der Waals surface area contributed by atoms with Crippen LogP contribution in [0.1, 0.15) is 54.7 Å². The number of benzene rings is 1. The largest absolute Gasteiger partial charge is 0.302 e. The lowest BCUT2D eigenvalue weighted by atomic mass is 9.73. The van der Waals surface area contributed by atoms with Gasteiger partial charge in [-0.15, -0.1) is 0 Å². The fraction of sp³-hybridized carbons (Fsp3) is 0.565. The first-order valence-corrected chi connectivity index (χ1v) is 10.6. The second-order valence-electron chi connectivity index (χ2n) is 8.69. The summed E-state index contributed by atoms with van der Waals surface area (Å²) in [4.78, 5) is 13.9. The standard InChI is InChI=1S/C23H30N4/c1-2-6-22-20(5-1)21(19-16-24-18-25-17-19)15-23(22)7-11-27(12-8-23)14-13-26-9-3-4-10-26/h1-2,5-6,16-18,21H,3-4,7-15H2. The number of hydrogen-bond donors (Lipinski definition) is 0. The summed E-state index contributed by atoms with van der Waals surface area (Å²) in [6.07, 6.45) is 12.2. The highest BCUT2D eigenvalue weighted by molar-refractivity contribution is 5.47. The fourth-order valence-electron chi connectivity index (χ4n) is 5.65. The Kier molecular flexibility index (Phi) is 4.70. The predicted molar refractivity (Wildman–Crippen MR) is 108 cm³/mol. The summed E-state index contributed by atoms with van der Waals surface area (Å²) >= 11 is 0. The molecule has 0 bridgehead atoms. The van der Waals surface area contributed by atoms with Crippen LogP contribution in [0.3, 0.4) is 0 Å². The van der Waals surface area contributed by atoms with Gasteiger partial charge in [-0.25, -0.2) is 9.97 Å².